The van der Waals surface area contributed by atoms with Gasteiger partial charge in [-0.3, -0.25) is 14.5 Å². The molecule has 0 bridgehead atoms. The zero-order chi connectivity index (χ0) is 24.2. The minimum absolute atomic E-state index is 0.138. The molecule has 2 amide bonds. The lowest BCUT2D eigenvalue weighted by Crippen LogP contribution is -2.27. The van der Waals surface area contributed by atoms with E-state index in [1.165, 1.54) is 24.1 Å². The van der Waals surface area contributed by atoms with Crippen molar-refractivity contribution in [1.82, 2.24) is 4.90 Å². The summed E-state index contributed by atoms with van der Waals surface area (Å²) in [6.07, 6.45) is 1.58. The zero-order valence-corrected chi connectivity index (χ0v) is 21.6. The number of halogens is 3. The molecule has 5 nitrogen and oxygen atoms in total. The van der Waals surface area contributed by atoms with Crippen molar-refractivity contribution in [3.63, 3.8) is 0 Å². The number of methoxy groups -OCH3 is 1. The Kier molecular flexibility index (Phi) is 7.80. The highest BCUT2D eigenvalue weighted by Crippen LogP contribution is 2.38. The molecule has 4 rings (SSSR count). The third-order valence-corrected chi connectivity index (χ3v) is 7.05. The molecule has 1 aliphatic rings. The summed E-state index contributed by atoms with van der Waals surface area (Å²) < 4.78 is 26.6. The monoisotopic (exact) mass is 609 g/mol. The number of hydrogen-bond donors (Lipinski definition) is 0. The first kappa shape index (κ1) is 24.6. The van der Waals surface area contributed by atoms with E-state index in [1.54, 1.807) is 30.3 Å². The van der Waals surface area contributed by atoms with Crippen molar-refractivity contribution in [2.45, 2.75) is 13.2 Å². The van der Waals surface area contributed by atoms with Crippen molar-refractivity contribution in [3.05, 3.63) is 96.7 Å². The van der Waals surface area contributed by atoms with Gasteiger partial charge < -0.3 is 9.47 Å². The first-order valence-electron chi connectivity index (χ1n) is 10.1. The summed E-state index contributed by atoms with van der Waals surface area (Å²) in [6, 6.07) is 17.2. The number of carbonyl (C=O) groups excluding carboxylic acids is 2. The van der Waals surface area contributed by atoms with Crippen LogP contribution in [0.3, 0.4) is 0 Å². The van der Waals surface area contributed by atoms with E-state index in [0.29, 0.717) is 17.1 Å². The Balaban J connectivity index is 1.60. The van der Waals surface area contributed by atoms with E-state index in [0.717, 1.165) is 20.9 Å². The van der Waals surface area contributed by atoms with Gasteiger partial charge >= 0.3 is 0 Å². The highest BCUT2D eigenvalue weighted by Gasteiger charge is 2.35. The van der Waals surface area contributed by atoms with E-state index in [2.05, 4.69) is 22.6 Å². The van der Waals surface area contributed by atoms with Crippen LogP contribution in [0.5, 0.6) is 11.5 Å². The lowest BCUT2D eigenvalue weighted by molar-refractivity contribution is -0.123. The number of nitrogens with zero attached hydrogens (tertiary/aromatic N) is 1. The summed E-state index contributed by atoms with van der Waals surface area (Å²) in [4.78, 5) is 27.0. The number of para-hydroxylation sites is 1. The van der Waals surface area contributed by atoms with Gasteiger partial charge in [-0.05, 0) is 76.3 Å². The van der Waals surface area contributed by atoms with Crippen LogP contribution in [0.1, 0.15) is 16.7 Å². The molecule has 1 aliphatic heterocycles. The number of amides is 2. The van der Waals surface area contributed by atoms with Crippen LogP contribution >= 0.6 is 46.0 Å². The van der Waals surface area contributed by atoms with Crippen LogP contribution in [0, 0.1) is 9.39 Å². The number of imide groups is 1. The molecule has 0 aliphatic carbocycles. The van der Waals surface area contributed by atoms with Crippen molar-refractivity contribution < 1.29 is 23.5 Å². The molecule has 1 saturated heterocycles. The van der Waals surface area contributed by atoms with Crippen LogP contribution in [0.25, 0.3) is 6.08 Å². The van der Waals surface area contributed by atoms with Crippen molar-refractivity contribution >= 4 is 63.2 Å². The normalized spacial score (nSPS) is 14.7. The molecule has 0 spiro atoms. The van der Waals surface area contributed by atoms with Crippen LogP contribution in [0.4, 0.5) is 9.18 Å². The van der Waals surface area contributed by atoms with Crippen LogP contribution in [0.2, 0.25) is 5.02 Å². The van der Waals surface area contributed by atoms with E-state index < -0.39 is 5.82 Å². The summed E-state index contributed by atoms with van der Waals surface area (Å²) in [5, 5.41) is -0.105. The topological polar surface area (TPSA) is 55.8 Å². The fourth-order valence-corrected chi connectivity index (χ4v) is 4.73. The number of thioether (sulfide) groups is 1. The molecule has 9 heteroatoms. The molecular weight excluding hydrogens is 592 g/mol. The first-order valence-corrected chi connectivity index (χ1v) is 12.4. The number of carbonyl (C=O) groups is 2. The van der Waals surface area contributed by atoms with Crippen molar-refractivity contribution in [3.8, 4) is 11.5 Å². The van der Waals surface area contributed by atoms with Crippen LogP contribution in [0.15, 0.2) is 65.6 Å². The minimum atomic E-state index is -0.485. The molecule has 0 aromatic heterocycles. The Morgan fingerprint density at radius 1 is 1.09 bits per heavy atom. The van der Waals surface area contributed by atoms with Gasteiger partial charge in [0.15, 0.2) is 11.5 Å². The molecule has 1 fully saturated rings. The molecule has 1 heterocycles. The fourth-order valence-electron chi connectivity index (χ4n) is 3.33. The maximum absolute atomic E-state index is 14.2. The maximum atomic E-state index is 14.2. The number of hydrogen-bond acceptors (Lipinski definition) is 5. The second-order valence-corrected chi connectivity index (χ2v) is 9.91. The van der Waals surface area contributed by atoms with Gasteiger partial charge in [-0.2, -0.15) is 0 Å². The van der Waals surface area contributed by atoms with Crippen molar-refractivity contribution in [2.24, 2.45) is 0 Å². The number of rotatable bonds is 7. The Labute approximate surface area is 219 Å². The SMILES string of the molecule is COc1cccc(/C=C2\SC(=O)N(Cc3ccc(I)cc3)C2=O)c1OCc1c(F)cccc1Cl. The highest BCUT2D eigenvalue weighted by molar-refractivity contribution is 14.1. The lowest BCUT2D eigenvalue weighted by atomic mass is 10.1. The van der Waals surface area contributed by atoms with Gasteiger partial charge in [0.1, 0.15) is 12.4 Å². The van der Waals surface area contributed by atoms with E-state index in [4.69, 9.17) is 21.1 Å². The molecule has 0 radical (unpaired) electrons. The predicted octanol–water partition coefficient (Wildman–Crippen LogP) is 6.91. The maximum Gasteiger partial charge on any atom is 0.293 e. The van der Waals surface area contributed by atoms with Crippen LogP contribution < -0.4 is 9.47 Å². The minimum Gasteiger partial charge on any atom is -0.493 e. The van der Waals surface area contributed by atoms with E-state index in [1.807, 2.05) is 24.3 Å². The third kappa shape index (κ3) is 5.39. The van der Waals surface area contributed by atoms with Crippen molar-refractivity contribution in [1.29, 1.82) is 0 Å². The molecule has 174 valence electrons. The summed E-state index contributed by atoms with van der Waals surface area (Å²) in [6.45, 7) is 0.0488. The Morgan fingerprint density at radius 3 is 2.53 bits per heavy atom. The Hall–Kier alpha value is -2.56. The molecule has 0 N–H and O–H groups in total. The van der Waals surface area contributed by atoms with Gasteiger partial charge in [-0.15, -0.1) is 0 Å². The largest absolute Gasteiger partial charge is 0.493 e. The Bertz CT molecular complexity index is 1260. The van der Waals surface area contributed by atoms with E-state index in [-0.39, 0.29) is 39.8 Å². The molecular formula is C25H18ClFINO4S. The van der Waals surface area contributed by atoms with E-state index in [9.17, 15) is 14.0 Å². The quantitative estimate of drug-likeness (QED) is 0.215. The standard InChI is InChI=1S/C25H18ClFINO4S/c1-32-21-7-2-4-16(23(21)33-14-18-19(26)5-3-6-20(18)27)12-22-24(30)29(25(31)34-22)13-15-8-10-17(28)11-9-15/h2-12H,13-14H2,1H3/b22-12-. The third-order valence-electron chi connectivity index (χ3n) is 5.07. The molecule has 0 unspecified atom stereocenters. The molecule has 3 aromatic rings. The second kappa shape index (κ2) is 10.8. The molecule has 0 saturated carbocycles. The first-order chi connectivity index (χ1) is 16.4. The summed E-state index contributed by atoms with van der Waals surface area (Å²) in [7, 11) is 1.48. The molecule has 34 heavy (non-hydrogen) atoms. The van der Waals surface area contributed by atoms with Gasteiger partial charge in [0.25, 0.3) is 11.1 Å². The lowest BCUT2D eigenvalue weighted by Gasteiger charge is -2.15. The predicted molar refractivity (Wildman–Crippen MR) is 139 cm³/mol. The fraction of sp³-hybridized carbons (Fsp3) is 0.120. The van der Waals surface area contributed by atoms with Gasteiger partial charge in [-0.25, -0.2) is 4.39 Å². The number of benzene rings is 3. The molecule has 0 atom stereocenters. The highest BCUT2D eigenvalue weighted by atomic mass is 127. The summed E-state index contributed by atoms with van der Waals surface area (Å²) in [5.74, 6) is -0.159. The van der Waals surface area contributed by atoms with Gasteiger partial charge in [-0.1, -0.05) is 41.9 Å². The van der Waals surface area contributed by atoms with Gasteiger partial charge in [0.05, 0.1) is 23.6 Å². The molecule has 3 aromatic carbocycles. The average Bonchev–Trinajstić information content (AvgIpc) is 3.08. The van der Waals surface area contributed by atoms with Crippen LogP contribution in [-0.4, -0.2) is 23.2 Å². The average molecular weight is 610 g/mol. The zero-order valence-electron chi connectivity index (χ0n) is 17.9. The van der Waals surface area contributed by atoms with Crippen molar-refractivity contribution in [2.75, 3.05) is 7.11 Å². The number of ether oxygens (including phenoxy) is 2. The van der Waals surface area contributed by atoms with E-state index >= 15 is 0 Å². The smallest absolute Gasteiger partial charge is 0.293 e. The summed E-state index contributed by atoms with van der Waals surface area (Å²) >= 11 is 9.18. The second-order valence-electron chi connectivity index (χ2n) is 7.26. The van der Waals surface area contributed by atoms with Gasteiger partial charge in [0.2, 0.25) is 0 Å². The summed E-state index contributed by atoms with van der Waals surface area (Å²) in [5.41, 5.74) is 1.58. The Morgan fingerprint density at radius 2 is 1.82 bits per heavy atom. The van der Waals surface area contributed by atoms with Crippen LogP contribution in [-0.2, 0) is 17.9 Å². The van der Waals surface area contributed by atoms with Gasteiger partial charge in [0, 0.05) is 14.7 Å².